The molecule has 4 rings (SSSR count). The summed E-state index contributed by atoms with van der Waals surface area (Å²) in [6.07, 6.45) is 4.68. The summed E-state index contributed by atoms with van der Waals surface area (Å²) < 4.78 is 0. The van der Waals surface area contributed by atoms with E-state index < -0.39 is 0 Å². The van der Waals surface area contributed by atoms with E-state index in [4.69, 9.17) is 0 Å². The fraction of sp³-hybridized carbons (Fsp3) is 0.400. The molecule has 2 aromatic carbocycles. The molecule has 0 aromatic heterocycles. The Morgan fingerprint density at radius 2 is 1.75 bits per heavy atom. The smallest absolute Gasteiger partial charge is 0.323 e. The van der Waals surface area contributed by atoms with E-state index in [0.717, 1.165) is 53.7 Å². The van der Waals surface area contributed by atoms with Gasteiger partial charge in [0.25, 0.3) is 0 Å². The van der Waals surface area contributed by atoms with Crippen LogP contribution in [0, 0.1) is 12.8 Å². The molecule has 1 fully saturated rings. The Bertz CT molecular complexity index is 997. The summed E-state index contributed by atoms with van der Waals surface area (Å²) in [6.45, 7) is 3.07. The molecule has 168 valence electrons. The van der Waals surface area contributed by atoms with Crippen LogP contribution in [-0.4, -0.2) is 35.8 Å². The molecular weight excluding hydrogens is 404 g/mol. The number of nitrogens with one attached hydrogen (secondary N) is 3. The van der Waals surface area contributed by atoms with Crippen LogP contribution in [0.5, 0.6) is 0 Å². The maximum atomic E-state index is 12.6. The SMILES string of the molecule is Cc1ccc(NC(=O)Nc2cccc3c2CCN(C(=O)CNC(=O)C2CCCC2)C3)cc1. The zero-order chi connectivity index (χ0) is 22.5. The Labute approximate surface area is 188 Å². The van der Waals surface area contributed by atoms with Crippen LogP contribution < -0.4 is 16.0 Å². The summed E-state index contributed by atoms with van der Waals surface area (Å²) in [6, 6.07) is 13.1. The summed E-state index contributed by atoms with van der Waals surface area (Å²) in [5, 5.41) is 8.60. The summed E-state index contributed by atoms with van der Waals surface area (Å²) in [5.74, 6) is -0.0126. The van der Waals surface area contributed by atoms with Crippen molar-refractivity contribution in [3.8, 4) is 0 Å². The molecule has 1 aliphatic carbocycles. The molecular formula is C25H30N4O3. The van der Waals surface area contributed by atoms with Gasteiger partial charge >= 0.3 is 6.03 Å². The quantitative estimate of drug-likeness (QED) is 0.668. The van der Waals surface area contributed by atoms with Crippen molar-refractivity contribution in [2.24, 2.45) is 5.92 Å². The minimum atomic E-state index is -0.296. The van der Waals surface area contributed by atoms with Gasteiger partial charge in [-0.2, -0.15) is 0 Å². The van der Waals surface area contributed by atoms with Crippen LogP contribution in [-0.2, 0) is 22.6 Å². The Kier molecular flexibility index (Phi) is 6.73. The Morgan fingerprint density at radius 1 is 1.00 bits per heavy atom. The molecule has 1 saturated carbocycles. The topological polar surface area (TPSA) is 90.5 Å². The molecule has 2 aliphatic rings. The lowest BCUT2D eigenvalue weighted by Gasteiger charge is -2.30. The summed E-state index contributed by atoms with van der Waals surface area (Å²) >= 11 is 0. The number of anilines is 2. The second-order valence-corrected chi connectivity index (χ2v) is 8.65. The highest BCUT2D eigenvalue weighted by Crippen LogP contribution is 2.27. The van der Waals surface area contributed by atoms with Gasteiger partial charge in [0.05, 0.1) is 6.54 Å². The lowest BCUT2D eigenvalue weighted by Crippen LogP contribution is -2.43. The van der Waals surface area contributed by atoms with Gasteiger partial charge in [-0.25, -0.2) is 4.79 Å². The van der Waals surface area contributed by atoms with Crippen LogP contribution in [0.1, 0.15) is 42.4 Å². The summed E-state index contributed by atoms with van der Waals surface area (Å²) in [5.41, 5.74) is 4.68. The van der Waals surface area contributed by atoms with E-state index in [9.17, 15) is 14.4 Å². The molecule has 0 atom stereocenters. The molecule has 32 heavy (non-hydrogen) atoms. The van der Waals surface area contributed by atoms with E-state index in [1.165, 1.54) is 0 Å². The van der Waals surface area contributed by atoms with Crippen LogP contribution in [0.2, 0.25) is 0 Å². The number of nitrogens with zero attached hydrogens (tertiary/aromatic N) is 1. The van der Waals surface area contributed by atoms with Crippen molar-refractivity contribution in [2.75, 3.05) is 23.7 Å². The van der Waals surface area contributed by atoms with Crippen LogP contribution in [0.4, 0.5) is 16.2 Å². The van der Waals surface area contributed by atoms with Gasteiger partial charge in [-0.05, 0) is 55.5 Å². The van der Waals surface area contributed by atoms with E-state index in [-0.39, 0.29) is 30.3 Å². The lowest BCUT2D eigenvalue weighted by molar-refractivity contribution is -0.134. The molecule has 0 bridgehead atoms. The van der Waals surface area contributed by atoms with Gasteiger partial charge in [-0.3, -0.25) is 9.59 Å². The fourth-order valence-corrected chi connectivity index (χ4v) is 4.47. The van der Waals surface area contributed by atoms with Gasteiger partial charge < -0.3 is 20.9 Å². The Morgan fingerprint density at radius 3 is 2.50 bits per heavy atom. The zero-order valence-corrected chi connectivity index (χ0v) is 18.4. The first-order chi connectivity index (χ1) is 15.5. The van der Waals surface area contributed by atoms with Crippen LogP contribution >= 0.6 is 0 Å². The first-order valence-electron chi connectivity index (χ1n) is 11.3. The van der Waals surface area contributed by atoms with Crippen molar-refractivity contribution in [1.82, 2.24) is 10.2 Å². The molecule has 4 amide bonds. The predicted molar refractivity (Wildman–Crippen MR) is 124 cm³/mol. The largest absolute Gasteiger partial charge is 0.347 e. The standard InChI is InChI=1S/C25H30N4O3/c1-17-9-11-20(12-10-17)27-25(32)28-22-8-4-7-19-16-29(14-13-21(19)22)23(30)15-26-24(31)18-5-2-3-6-18/h4,7-12,18H,2-3,5-6,13-16H2,1H3,(H,26,31)(H2,27,28,32). The maximum absolute atomic E-state index is 12.6. The number of rotatable bonds is 5. The third kappa shape index (κ3) is 5.28. The minimum Gasteiger partial charge on any atom is -0.347 e. The Balaban J connectivity index is 1.33. The van der Waals surface area contributed by atoms with Crippen LogP contribution in [0.25, 0.3) is 0 Å². The number of amides is 4. The highest BCUT2D eigenvalue weighted by atomic mass is 16.2. The highest BCUT2D eigenvalue weighted by Gasteiger charge is 2.26. The first-order valence-corrected chi connectivity index (χ1v) is 11.3. The number of carbonyl (C=O) groups is 3. The van der Waals surface area contributed by atoms with E-state index >= 15 is 0 Å². The van der Waals surface area contributed by atoms with Crippen LogP contribution in [0.15, 0.2) is 42.5 Å². The van der Waals surface area contributed by atoms with Crippen LogP contribution in [0.3, 0.4) is 0 Å². The average Bonchev–Trinajstić information content (AvgIpc) is 3.34. The second kappa shape index (κ2) is 9.85. The normalized spacial score (nSPS) is 15.7. The summed E-state index contributed by atoms with van der Waals surface area (Å²) in [7, 11) is 0. The third-order valence-corrected chi connectivity index (χ3v) is 6.32. The molecule has 7 nitrogen and oxygen atoms in total. The monoisotopic (exact) mass is 434 g/mol. The van der Waals surface area contributed by atoms with Gasteiger partial charge in [0.2, 0.25) is 11.8 Å². The average molecular weight is 435 g/mol. The van der Waals surface area contributed by atoms with Crippen molar-refractivity contribution >= 4 is 29.2 Å². The number of fused-ring (bicyclic) bond motifs is 1. The van der Waals surface area contributed by atoms with E-state index in [0.29, 0.717) is 19.5 Å². The zero-order valence-electron chi connectivity index (χ0n) is 18.4. The molecule has 0 saturated heterocycles. The number of urea groups is 1. The number of aryl methyl sites for hydroxylation is 1. The van der Waals surface area contributed by atoms with E-state index in [2.05, 4.69) is 16.0 Å². The van der Waals surface area contributed by atoms with Crippen molar-refractivity contribution in [1.29, 1.82) is 0 Å². The summed E-state index contributed by atoms with van der Waals surface area (Å²) in [4.78, 5) is 39.1. The molecule has 1 aliphatic heterocycles. The second-order valence-electron chi connectivity index (χ2n) is 8.65. The van der Waals surface area contributed by atoms with Gasteiger partial charge in [-0.15, -0.1) is 0 Å². The molecule has 0 spiro atoms. The van der Waals surface area contributed by atoms with Gasteiger partial charge in [0, 0.05) is 30.4 Å². The first kappa shape index (κ1) is 21.9. The van der Waals surface area contributed by atoms with Gasteiger partial charge in [0.15, 0.2) is 0 Å². The molecule has 0 unspecified atom stereocenters. The van der Waals surface area contributed by atoms with Crippen molar-refractivity contribution in [3.63, 3.8) is 0 Å². The molecule has 0 radical (unpaired) electrons. The number of hydrogen-bond donors (Lipinski definition) is 3. The van der Waals surface area contributed by atoms with Gasteiger partial charge in [0.1, 0.15) is 0 Å². The molecule has 1 heterocycles. The number of benzene rings is 2. The van der Waals surface area contributed by atoms with E-state index in [1.54, 1.807) is 4.90 Å². The highest BCUT2D eigenvalue weighted by molar-refractivity contribution is 6.00. The number of hydrogen-bond acceptors (Lipinski definition) is 3. The fourth-order valence-electron chi connectivity index (χ4n) is 4.47. The molecule has 3 N–H and O–H groups in total. The van der Waals surface area contributed by atoms with Crippen molar-refractivity contribution in [3.05, 3.63) is 59.2 Å². The molecule has 7 heteroatoms. The number of carbonyl (C=O) groups excluding carboxylic acids is 3. The minimum absolute atomic E-state index is 0.000616. The lowest BCUT2D eigenvalue weighted by atomic mass is 9.97. The van der Waals surface area contributed by atoms with Gasteiger partial charge in [-0.1, -0.05) is 42.7 Å². The predicted octanol–water partition coefficient (Wildman–Crippen LogP) is 3.83. The Hall–Kier alpha value is -3.35. The van der Waals surface area contributed by atoms with Crippen molar-refractivity contribution in [2.45, 2.75) is 45.6 Å². The van der Waals surface area contributed by atoms with E-state index in [1.807, 2.05) is 49.4 Å². The maximum Gasteiger partial charge on any atom is 0.323 e. The third-order valence-electron chi connectivity index (χ3n) is 6.32. The van der Waals surface area contributed by atoms with Crippen molar-refractivity contribution < 1.29 is 14.4 Å². The molecule has 2 aromatic rings.